The lowest BCUT2D eigenvalue weighted by molar-refractivity contribution is -0.152. The van der Waals surface area contributed by atoms with E-state index >= 15 is 0 Å². The average Bonchev–Trinajstić information content (AvgIpc) is 2.37. The van der Waals surface area contributed by atoms with E-state index in [0.717, 1.165) is 6.42 Å². The van der Waals surface area contributed by atoms with E-state index in [9.17, 15) is 14.7 Å². The van der Waals surface area contributed by atoms with E-state index in [0.29, 0.717) is 43.4 Å². The summed E-state index contributed by atoms with van der Waals surface area (Å²) >= 11 is 3.18. The van der Waals surface area contributed by atoms with Gasteiger partial charge in [-0.25, -0.2) is 4.79 Å². The molecule has 5 nitrogen and oxygen atoms in total. The van der Waals surface area contributed by atoms with E-state index < -0.39 is 11.4 Å². The Morgan fingerprint density at radius 2 is 2.00 bits per heavy atom. The minimum Gasteiger partial charge on any atom is -0.481 e. The molecule has 2 amide bonds. The molecule has 0 aromatic carbocycles. The van der Waals surface area contributed by atoms with E-state index in [1.807, 2.05) is 6.92 Å². The van der Waals surface area contributed by atoms with Gasteiger partial charge in [-0.3, -0.25) is 4.79 Å². The van der Waals surface area contributed by atoms with Crippen LogP contribution in [-0.4, -0.2) is 41.6 Å². The molecule has 0 spiro atoms. The SMILES string of the molecule is C=C(Br)CNC(=O)N1CCC(CCC)(C(=O)O)CC1. The Hall–Kier alpha value is -1.04. The largest absolute Gasteiger partial charge is 0.481 e. The van der Waals surface area contributed by atoms with Gasteiger partial charge in [0.15, 0.2) is 0 Å². The van der Waals surface area contributed by atoms with Crippen molar-refractivity contribution in [1.29, 1.82) is 0 Å². The lowest BCUT2D eigenvalue weighted by Crippen LogP contribution is -2.49. The molecular formula is C13H21BrN2O3. The molecular weight excluding hydrogens is 312 g/mol. The minimum absolute atomic E-state index is 0.156. The summed E-state index contributed by atoms with van der Waals surface area (Å²) in [6.07, 6.45) is 2.58. The number of halogens is 1. The zero-order valence-corrected chi connectivity index (χ0v) is 12.8. The second kappa shape index (κ2) is 6.93. The van der Waals surface area contributed by atoms with Crippen LogP contribution in [0.3, 0.4) is 0 Å². The van der Waals surface area contributed by atoms with Gasteiger partial charge in [-0.15, -0.1) is 0 Å². The second-order valence-corrected chi connectivity index (χ2v) is 6.12. The normalized spacial score (nSPS) is 17.9. The van der Waals surface area contributed by atoms with Crippen LogP contribution in [0.5, 0.6) is 0 Å². The molecule has 1 rings (SSSR count). The smallest absolute Gasteiger partial charge is 0.317 e. The number of piperidine rings is 1. The Balaban J connectivity index is 2.53. The number of carbonyl (C=O) groups is 2. The van der Waals surface area contributed by atoms with Crippen molar-refractivity contribution in [3.8, 4) is 0 Å². The fraction of sp³-hybridized carbons (Fsp3) is 0.692. The minimum atomic E-state index is -0.733. The fourth-order valence-corrected chi connectivity index (χ4v) is 2.61. The Bertz CT molecular complexity index is 363. The molecule has 0 aromatic heterocycles. The second-order valence-electron chi connectivity index (χ2n) is 5.00. The first-order valence-corrected chi connectivity index (χ1v) is 7.30. The predicted molar refractivity (Wildman–Crippen MR) is 77.2 cm³/mol. The third-order valence-electron chi connectivity index (χ3n) is 3.62. The summed E-state index contributed by atoms with van der Waals surface area (Å²) in [4.78, 5) is 24.9. The average molecular weight is 333 g/mol. The van der Waals surface area contributed by atoms with Gasteiger partial charge >= 0.3 is 12.0 Å². The number of carboxylic acid groups (broad SMARTS) is 1. The van der Waals surface area contributed by atoms with Crippen molar-refractivity contribution in [3.63, 3.8) is 0 Å². The Morgan fingerprint density at radius 3 is 2.42 bits per heavy atom. The number of nitrogens with one attached hydrogen (secondary N) is 1. The van der Waals surface area contributed by atoms with E-state index in [4.69, 9.17) is 0 Å². The number of hydrogen-bond donors (Lipinski definition) is 2. The van der Waals surface area contributed by atoms with Crippen molar-refractivity contribution in [2.45, 2.75) is 32.6 Å². The molecule has 6 heteroatoms. The summed E-state index contributed by atoms with van der Waals surface area (Å²) < 4.78 is 0.712. The van der Waals surface area contributed by atoms with Gasteiger partial charge < -0.3 is 15.3 Å². The molecule has 0 saturated carbocycles. The highest BCUT2D eigenvalue weighted by atomic mass is 79.9. The Morgan fingerprint density at radius 1 is 1.42 bits per heavy atom. The molecule has 1 aliphatic heterocycles. The zero-order valence-electron chi connectivity index (χ0n) is 11.2. The van der Waals surface area contributed by atoms with Crippen LogP contribution in [0.2, 0.25) is 0 Å². The summed E-state index contributed by atoms with van der Waals surface area (Å²) in [5.41, 5.74) is -0.648. The van der Waals surface area contributed by atoms with Gasteiger partial charge in [0.2, 0.25) is 0 Å². The van der Waals surface area contributed by atoms with Crippen molar-refractivity contribution in [2.75, 3.05) is 19.6 Å². The van der Waals surface area contributed by atoms with Crippen molar-refractivity contribution < 1.29 is 14.7 Å². The number of aliphatic carboxylic acids is 1. The van der Waals surface area contributed by atoms with Crippen LogP contribution >= 0.6 is 15.9 Å². The molecule has 1 aliphatic rings. The summed E-state index contributed by atoms with van der Waals surface area (Å²) in [5, 5.41) is 12.1. The first-order valence-electron chi connectivity index (χ1n) is 6.51. The molecule has 0 radical (unpaired) electrons. The van der Waals surface area contributed by atoms with Gasteiger partial charge in [-0.2, -0.15) is 0 Å². The van der Waals surface area contributed by atoms with Gasteiger partial charge in [0.05, 0.1) is 12.0 Å². The van der Waals surface area contributed by atoms with E-state index in [1.165, 1.54) is 0 Å². The Kier molecular flexibility index (Phi) is 5.85. The van der Waals surface area contributed by atoms with Crippen molar-refractivity contribution in [2.24, 2.45) is 5.41 Å². The van der Waals surface area contributed by atoms with Crippen LogP contribution in [0.25, 0.3) is 0 Å². The van der Waals surface area contributed by atoms with Crippen molar-refractivity contribution in [1.82, 2.24) is 10.2 Å². The number of carboxylic acids is 1. The van der Waals surface area contributed by atoms with Crippen LogP contribution in [0.1, 0.15) is 32.6 Å². The monoisotopic (exact) mass is 332 g/mol. The standard InChI is InChI=1S/C13H21BrN2O3/c1-3-4-13(11(17)18)5-7-16(8-6-13)12(19)15-9-10(2)14/h2-9H2,1H3,(H,15,19)(H,17,18). The number of urea groups is 1. The van der Waals surface area contributed by atoms with Gasteiger partial charge in [-0.1, -0.05) is 35.9 Å². The molecule has 2 N–H and O–H groups in total. The summed E-state index contributed by atoms with van der Waals surface area (Å²) in [6, 6.07) is -0.156. The first-order chi connectivity index (χ1) is 8.91. The van der Waals surface area contributed by atoms with Gasteiger partial charge in [0.25, 0.3) is 0 Å². The topological polar surface area (TPSA) is 69.6 Å². The van der Waals surface area contributed by atoms with Crippen molar-refractivity contribution in [3.05, 3.63) is 11.1 Å². The summed E-state index contributed by atoms with van der Waals surface area (Å²) in [5.74, 6) is -0.733. The maximum absolute atomic E-state index is 11.8. The van der Waals surface area contributed by atoms with Gasteiger partial charge in [-0.05, 0) is 19.3 Å². The van der Waals surface area contributed by atoms with Crippen molar-refractivity contribution >= 4 is 27.9 Å². The summed E-state index contributed by atoms with van der Waals surface area (Å²) in [7, 11) is 0. The van der Waals surface area contributed by atoms with Gasteiger partial charge in [0.1, 0.15) is 0 Å². The van der Waals surface area contributed by atoms with Crippen LogP contribution in [0.4, 0.5) is 4.79 Å². The Labute approximate surface area is 122 Å². The quantitative estimate of drug-likeness (QED) is 0.812. The molecule has 0 atom stereocenters. The lowest BCUT2D eigenvalue weighted by atomic mass is 9.75. The number of carbonyl (C=O) groups excluding carboxylic acids is 1. The molecule has 1 saturated heterocycles. The van der Waals surface area contributed by atoms with E-state index in [1.54, 1.807) is 4.90 Å². The highest BCUT2D eigenvalue weighted by Crippen LogP contribution is 2.36. The maximum Gasteiger partial charge on any atom is 0.317 e. The molecule has 0 aromatic rings. The van der Waals surface area contributed by atoms with Gasteiger partial charge in [0, 0.05) is 17.6 Å². The molecule has 0 aliphatic carbocycles. The van der Waals surface area contributed by atoms with Crippen LogP contribution in [0.15, 0.2) is 11.1 Å². The molecule has 108 valence electrons. The number of amides is 2. The fourth-order valence-electron chi connectivity index (χ4n) is 2.47. The molecule has 1 fully saturated rings. The number of likely N-dealkylation sites (tertiary alicyclic amines) is 1. The first kappa shape index (κ1) is 16.0. The number of hydrogen-bond acceptors (Lipinski definition) is 2. The van der Waals surface area contributed by atoms with Crippen LogP contribution in [-0.2, 0) is 4.79 Å². The number of rotatable bonds is 5. The van der Waals surface area contributed by atoms with E-state index in [-0.39, 0.29) is 6.03 Å². The lowest BCUT2D eigenvalue weighted by Gasteiger charge is -2.38. The third-order valence-corrected chi connectivity index (χ3v) is 3.90. The predicted octanol–water partition coefficient (Wildman–Crippen LogP) is 2.57. The van der Waals surface area contributed by atoms with Crippen LogP contribution in [0, 0.1) is 5.41 Å². The zero-order chi connectivity index (χ0) is 14.5. The maximum atomic E-state index is 11.8. The summed E-state index contributed by atoms with van der Waals surface area (Å²) in [6.45, 7) is 7.01. The molecule has 1 heterocycles. The highest BCUT2D eigenvalue weighted by Gasteiger charge is 2.41. The van der Waals surface area contributed by atoms with E-state index in [2.05, 4.69) is 27.8 Å². The molecule has 0 bridgehead atoms. The molecule has 0 unspecified atom stereocenters. The third kappa shape index (κ3) is 4.23. The highest BCUT2D eigenvalue weighted by molar-refractivity contribution is 9.11. The van der Waals surface area contributed by atoms with Crippen LogP contribution < -0.4 is 5.32 Å². The number of nitrogens with zero attached hydrogens (tertiary/aromatic N) is 1. The molecule has 19 heavy (non-hydrogen) atoms.